The third kappa shape index (κ3) is 4.86. The van der Waals surface area contributed by atoms with Crippen molar-refractivity contribution >= 4 is 29.7 Å². The molecule has 1 aromatic rings. The maximum absolute atomic E-state index is 12.5. The Hall–Kier alpha value is -1.86. The minimum Gasteiger partial charge on any atom is -0.366 e. The lowest BCUT2D eigenvalue weighted by molar-refractivity contribution is -0.384. The second-order valence-corrected chi connectivity index (χ2v) is 7.17. The van der Waals surface area contributed by atoms with Gasteiger partial charge in [-0.15, -0.1) is 12.4 Å². The summed E-state index contributed by atoms with van der Waals surface area (Å²) in [4.78, 5) is 25.7. The highest BCUT2D eigenvalue weighted by Gasteiger charge is 2.25. The largest absolute Gasteiger partial charge is 0.366 e. The number of halogens is 1. The minimum atomic E-state index is -0.381. The Morgan fingerprint density at radius 1 is 1.35 bits per heavy atom. The number of nitrogens with one attached hydrogen (secondary N) is 2. The van der Waals surface area contributed by atoms with E-state index in [0.717, 1.165) is 51.9 Å². The zero-order valence-corrected chi connectivity index (χ0v) is 15.9. The third-order valence-corrected chi connectivity index (χ3v) is 5.06. The van der Waals surface area contributed by atoms with E-state index in [-0.39, 0.29) is 35.0 Å². The summed E-state index contributed by atoms with van der Waals surface area (Å²) in [5, 5.41) is 17.8. The van der Waals surface area contributed by atoms with Gasteiger partial charge in [0, 0.05) is 37.3 Å². The number of rotatable bonds is 4. The molecule has 0 aromatic heterocycles. The second-order valence-electron chi connectivity index (χ2n) is 7.17. The molecule has 2 atom stereocenters. The predicted molar refractivity (Wildman–Crippen MR) is 104 cm³/mol. The fourth-order valence-corrected chi connectivity index (χ4v) is 3.73. The van der Waals surface area contributed by atoms with Crippen LogP contribution in [0.4, 0.5) is 11.4 Å². The van der Waals surface area contributed by atoms with Crippen molar-refractivity contribution in [2.75, 3.05) is 31.1 Å². The molecule has 0 saturated carbocycles. The topological polar surface area (TPSA) is 87.5 Å². The van der Waals surface area contributed by atoms with E-state index in [1.165, 1.54) is 6.07 Å². The van der Waals surface area contributed by atoms with Crippen molar-refractivity contribution in [3.63, 3.8) is 0 Å². The Balaban J connectivity index is 0.00000243. The second kappa shape index (κ2) is 9.19. The average molecular weight is 383 g/mol. The molecular weight excluding hydrogens is 356 g/mol. The van der Waals surface area contributed by atoms with Crippen LogP contribution < -0.4 is 15.5 Å². The van der Waals surface area contributed by atoms with Gasteiger partial charge in [0.1, 0.15) is 5.69 Å². The number of benzene rings is 1. The number of nitro groups is 1. The average Bonchev–Trinajstić information content (AvgIpc) is 2.62. The molecule has 2 aliphatic rings. The molecule has 26 heavy (non-hydrogen) atoms. The Kier molecular flexibility index (Phi) is 7.23. The minimum absolute atomic E-state index is 0. The molecule has 1 unspecified atom stereocenters. The fraction of sp³-hybridized carbons (Fsp3) is 0.611. The fourth-order valence-electron chi connectivity index (χ4n) is 3.73. The van der Waals surface area contributed by atoms with E-state index in [1.54, 1.807) is 12.1 Å². The molecule has 0 radical (unpaired) electrons. The van der Waals surface area contributed by atoms with E-state index in [0.29, 0.717) is 17.2 Å². The van der Waals surface area contributed by atoms with E-state index >= 15 is 0 Å². The van der Waals surface area contributed by atoms with E-state index in [2.05, 4.69) is 22.5 Å². The van der Waals surface area contributed by atoms with Crippen LogP contribution in [0.15, 0.2) is 18.2 Å². The summed E-state index contributed by atoms with van der Waals surface area (Å²) in [7, 11) is 0. The van der Waals surface area contributed by atoms with Gasteiger partial charge in [0.05, 0.1) is 4.92 Å². The van der Waals surface area contributed by atoms with Crippen molar-refractivity contribution in [3.8, 4) is 0 Å². The van der Waals surface area contributed by atoms with Gasteiger partial charge in [-0.05, 0) is 50.3 Å². The molecule has 144 valence electrons. The highest BCUT2D eigenvalue weighted by atomic mass is 35.5. The van der Waals surface area contributed by atoms with E-state index < -0.39 is 0 Å². The van der Waals surface area contributed by atoms with Crippen LogP contribution in [0.1, 0.15) is 43.0 Å². The highest BCUT2D eigenvalue weighted by Crippen LogP contribution is 2.32. The number of amides is 1. The van der Waals surface area contributed by atoms with E-state index in [1.807, 2.05) is 0 Å². The summed E-state index contributed by atoms with van der Waals surface area (Å²) < 4.78 is 0. The molecule has 0 bridgehead atoms. The third-order valence-electron chi connectivity index (χ3n) is 5.06. The molecule has 8 heteroatoms. The van der Waals surface area contributed by atoms with Gasteiger partial charge in [0.25, 0.3) is 11.6 Å². The summed E-state index contributed by atoms with van der Waals surface area (Å²) in [6.07, 6.45) is 4.15. The van der Waals surface area contributed by atoms with Crippen LogP contribution in [0.25, 0.3) is 0 Å². The monoisotopic (exact) mass is 382 g/mol. The van der Waals surface area contributed by atoms with Gasteiger partial charge in [0.2, 0.25) is 0 Å². The summed E-state index contributed by atoms with van der Waals surface area (Å²) in [5.41, 5.74) is 0.988. The number of nitro benzene ring substituents is 1. The summed E-state index contributed by atoms with van der Waals surface area (Å²) in [6.45, 7) is 5.53. The van der Waals surface area contributed by atoms with Crippen molar-refractivity contribution in [1.82, 2.24) is 10.6 Å². The molecule has 2 fully saturated rings. The van der Waals surface area contributed by atoms with Crippen LogP contribution in [0, 0.1) is 16.0 Å². The first-order chi connectivity index (χ1) is 12.0. The Bertz CT molecular complexity index is 649. The van der Waals surface area contributed by atoms with Crippen LogP contribution in [-0.2, 0) is 0 Å². The molecule has 0 aliphatic carbocycles. The number of hydrogen-bond donors (Lipinski definition) is 2. The van der Waals surface area contributed by atoms with Gasteiger partial charge >= 0.3 is 0 Å². The zero-order chi connectivity index (χ0) is 17.8. The lowest BCUT2D eigenvalue weighted by Crippen LogP contribution is -2.45. The van der Waals surface area contributed by atoms with Crippen LogP contribution in [0.2, 0.25) is 0 Å². The molecule has 2 heterocycles. The molecule has 1 amide bonds. The number of carbonyl (C=O) groups is 1. The van der Waals surface area contributed by atoms with Gasteiger partial charge in [-0.3, -0.25) is 14.9 Å². The molecule has 2 aliphatic heterocycles. The first-order valence-corrected chi connectivity index (χ1v) is 9.09. The maximum Gasteiger partial charge on any atom is 0.293 e. The number of nitrogens with zero attached hydrogens (tertiary/aromatic N) is 2. The number of piperidine rings is 2. The molecular formula is C18H27ClN4O3. The van der Waals surface area contributed by atoms with Gasteiger partial charge < -0.3 is 15.5 Å². The van der Waals surface area contributed by atoms with Crippen LogP contribution >= 0.6 is 12.4 Å². The standard InChI is InChI=1S/C18H26N4O3.ClH/c1-13-4-3-9-21(12-13)16-7-6-14(10-17(16)22(24)25)18(23)20-15-5-2-8-19-11-15;/h6-7,10,13,15,19H,2-5,8-9,11-12H2,1H3,(H,20,23);1H/t13?,15-;/m0./s1. The molecule has 2 saturated heterocycles. The van der Waals surface area contributed by atoms with Gasteiger partial charge in [-0.25, -0.2) is 0 Å². The quantitative estimate of drug-likeness (QED) is 0.617. The molecule has 2 N–H and O–H groups in total. The molecule has 1 aromatic carbocycles. The van der Waals surface area contributed by atoms with Crippen molar-refractivity contribution in [2.45, 2.75) is 38.6 Å². The predicted octanol–water partition coefficient (Wildman–Crippen LogP) is 2.73. The van der Waals surface area contributed by atoms with Crippen LogP contribution in [0.5, 0.6) is 0 Å². The van der Waals surface area contributed by atoms with Gasteiger partial charge in [-0.2, -0.15) is 0 Å². The Morgan fingerprint density at radius 2 is 2.15 bits per heavy atom. The van der Waals surface area contributed by atoms with Gasteiger partial charge in [-0.1, -0.05) is 6.92 Å². The van der Waals surface area contributed by atoms with E-state index in [4.69, 9.17) is 0 Å². The van der Waals surface area contributed by atoms with Crippen LogP contribution in [-0.4, -0.2) is 43.1 Å². The lowest BCUT2D eigenvalue weighted by Gasteiger charge is -2.32. The number of anilines is 1. The van der Waals surface area contributed by atoms with Crippen molar-refractivity contribution < 1.29 is 9.72 Å². The van der Waals surface area contributed by atoms with E-state index in [9.17, 15) is 14.9 Å². The Morgan fingerprint density at radius 3 is 2.81 bits per heavy atom. The van der Waals surface area contributed by atoms with Crippen molar-refractivity contribution in [1.29, 1.82) is 0 Å². The highest BCUT2D eigenvalue weighted by molar-refractivity contribution is 5.96. The number of hydrogen-bond acceptors (Lipinski definition) is 5. The van der Waals surface area contributed by atoms with Gasteiger partial charge in [0.15, 0.2) is 0 Å². The summed E-state index contributed by atoms with van der Waals surface area (Å²) >= 11 is 0. The van der Waals surface area contributed by atoms with Crippen LogP contribution in [0.3, 0.4) is 0 Å². The first-order valence-electron chi connectivity index (χ1n) is 9.09. The van der Waals surface area contributed by atoms with Crippen molar-refractivity contribution in [2.24, 2.45) is 5.92 Å². The smallest absolute Gasteiger partial charge is 0.293 e. The SMILES string of the molecule is CC1CCCN(c2ccc(C(=O)N[C@H]3CCCNC3)cc2[N+](=O)[O-])C1.Cl. The van der Waals surface area contributed by atoms with Crippen molar-refractivity contribution in [3.05, 3.63) is 33.9 Å². The molecule has 7 nitrogen and oxygen atoms in total. The Labute approximate surface area is 160 Å². The summed E-state index contributed by atoms with van der Waals surface area (Å²) in [6, 6.07) is 4.93. The summed E-state index contributed by atoms with van der Waals surface area (Å²) in [5.74, 6) is 0.283. The zero-order valence-electron chi connectivity index (χ0n) is 15.1. The lowest BCUT2D eigenvalue weighted by atomic mass is 9.99. The first kappa shape index (κ1) is 20.5. The normalized spacial score (nSPS) is 23.0. The molecule has 0 spiro atoms. The maximum atomic E-state index is 12.5. The number of carbonyl (C=O) groups excluding carboxylic acids is 1. The molecule has 3 rings (SSSR count).